The molecule has 0 aromatic heterocycles. The van der Waals surface area contributed by atoms with Gasteiger partial charge in [0.05, 0.1) is 5.56 Å². The van der Waals surface area contributed by atoms with Gasteiger partial charge in [-0.3, -0.25) is 4.79 Å². The third kappa shape index (κ3) is 2.04. The maximum atomic E-state index is 12.4. The van der Waals surface area contributed by atoms with Crippen LogP contribution in [-0.2, 0) is 6.18 Å². The van der Waals surface area contributed by atoms with Crippen LogP contribution in [0.3, 0.4) is 0 Å². The Bertz CT molecular complexity index is 346. The third-order valence-corrected chi connectivity index (χ3v) is 1.77. The second kappa shape index (κ2) is 3.69. The maximum Gasteiger partial charge on any atom is 0.417 e. The van der Waals surface area contributed by atoms with Crippen LogP contribution in [0.1, 0.15) is 15.9 Å². The molecule has 2 nitrogen and oxygen atoms in total. The van der Waals surface area contributed by atoms with Gasteiger partial charge >= 0.3 is 6.18 Å². The Morgan fingerprint density at radius 2 is 2.00 bits per heavy atom. The van der Waals surface area contributed by atoms with Gasteiger partial charge in [0.2, 0.25) is 0 Å². The van der Waals surface area contributed by atoms with Gasteiger partial charge in [0, 0.05) is 18.3 Å². The van der Waals surface area contributed by atoms with E-state index in [4.69, 9.17) is 0 Å². The molecule has 14 heavy (non-hydrogen) atoms. The standard InChI is InChI=1S/C9H8F3NO/c1-13-7-3-2-6(5-14)8(4-7)9(10,11)12/h2-5,13H,1H3. The highest BCUT2D eigenvalue weighted by Crippen LogP contribution is 2.32. The lowest BCUT2D eigenvalue weighted by atomic mass is 10.1. The van der Waals surface area contributed by atoms with Gasteiger partial charge in [-0.2, -0.15) is 13.2 Å². The highest BCUT2D eigenvalue weighted by atomic mass is 19.4. The molecule has 1 aromatic rings. The third-order valence-electron chi connectivity index (χ3n) is 1.77. The van der Waals surface area contributed by atoms with Crippen LogP contribution in [0, 0.1) is 0 Å². The quantitative estimate of drug-likeness (QED) is 0.748. The predicted octanol–water partition coefficient (Wildman–Crippen LogP) is 2.56. The van der Waals surface area contributed by atoms with Gasteiger partial charge < -0.3 is 5.32 Å². The number of carbonyl (C=O) groups is 1. The van der Waals surface area contributed by atoms with Crippen molar-refractivity contribution in [2.75, 3.05) is 12.4 Å². The lowest BCUT2D eigenvalue weighted by molar-refractivity contribution is -0.137. The number of carbonyl (C=O) groups excluding carboxylic acids is 1. The van der Waals surface area contributed by atoms with Crippen molar-refractivity contribution in [2.45, 2.75) is 6.18 Å². The van der Waals surface area contributed by atoms with E-state index in [-0.39, 0.29) is 11.8 Å². The maximum absolute atomic E-state index is 12.4. The Morgan fingerprint density at radius 1 is 1.36 bits per heavy atom. The van der Waals surface area contributed by atoms with Crippen LogP contribution >= 0.6 is 0 Å². The summed E-state index contributed by atoms with van der Waals surface area (Å²) < 4.78 is 37.1. The number of anilines is 1. The number of halogens is 3. The Labute approximate surface area is 78.7 Å². The zero-order valence-electron chi connectivity index (χ0n) is 7.35. The summed E-state index contributed by atoms with van der Waals surface area (Å²) in [4.78, 5) is 10.4. The normalized spacial score (nSPS) is 11.1. The number of rotatable bonds is 2. The molecule has 0 aliphatic carbocycles. The van der Waals surface area contributed by atoms with Crippen LogP contribution in [-0.4, -0.2) is 13.3 Å². The molecule has 0 amide bonds. The fourth-order valence-corrected chi connectivity index (χ4v) is 1.06. The molecule has 0 bridgehead atoms. The van der Waals surface area contributed by atoms with Crippen LogP contribution in [0.25, 0.3) is 0 Å². The van der Waals surface area contributed by atoms with E-state index < -0.39 is 11.7 Å². The van der Waals surface area contributed by atoms with Crippen LogP contribution in [0.2, 0.25) is 0 Å². The van der Waals surface area contributed by atoms with Crippen LogP contribution in [0.4, 0.5) is 18.9 Å². The predicted molar refractivity (Wildman–Crippen MR) is 46.4 cm³/mol. The average molecular weight is 203 g/mol. The Kier molecular flexibility index (Phi) is 2.78. The number of benzene rings is 1. The Balaban J connectivity index is 3.29. The second-order valence-corrected chi connectivity index (χ2v) is 2.67. The van der Waals surface area contributed by atoms with Gasteiger partial charge in [0.25, 0.3) is 0 Å². The van der Waals surface area contributed by atoms with E-state index in [0.29, 0.717) is 5.69 Å². The van der Waals surface area contributed by atoms with E-state index in [1.807, 2.05) is 0 Å². The van der Waals surface area contributed by atoms with Crippen molar-refractivity contribution >= 4 is 12.0 Å². The van der Waals surface area contributed by atoms with Gasteiger partial charge in [-0.25, -0.2) is 0 Å². The van der Waals surface area contributed by atoms with Crippen LogP contribution in [0.5, 0.6) is 0 Å². The molecule has 76 valence electrons. The molecule has 0 fully saturated rings. The van der Waals surface area contributed by atoms with Crippen LogP contribution in [0.15, 0.2) is 18.2 Å². The fourth-order valence-electron chi connectivity index (χ4n) is 1.06. The van der Waals surface area contributed by atoms with E-state index >= 15 is 0 Å². The van der Waals surface area contributed by atoms with Crippen LogP contribution < -0.4 is 5.32 Å². The van der Waals surface area contributed by atoms with Crippen molar-refractivity contribution in [3.05, 3.63) is 29.3 Å². The minimum Gasteiger partial charge on any atom is -0.388 e. The Morgan fingerprint density at radius 3 is 2.43 bits per heavy atom. The summed E-state index contributed by atoms with van der Waals surface area (Å²) in [6.45, 7) is 0. The molecular weight excluding hydrogens is 195 g/mol. The zero-order chi connectivity index (χ0) is 10.8. The number of alkyl halides is 3. The van der Waals surface area contributed by atoms with Crippen molar-refractivity contribution in [1.29, 1.82) is 0 Å². The van der Waals surface area contributed by atoms with Gasteiger partial charge in [-0.15, -0.1) is 0 Å². The van der Waals surface area contributed by atoms with Gasteiger partial charge in [0.1, 0.15) is 0 Å². The minimum absolute atomic E-state index is 0.197. The highest BCUT2D eigenvalue weighted by Gasteiger charge is 2.33. The first kappa shape index (κ1) is 10.6. The molecule has 1 rings (SSSR count). The summed E-state index contributed by atoms with van der Waals surface area (Å²) >= 11 is 0. The number of nitrogens with one attached hydrogen (secondary N) is 1. The molecule has 1 N–H and O–H groups in total. The van der Waals surface area contributed by atoms with Crippen molar-refractivity contribution in [3.63, 3.8) is 0 Å². The lowest BCUT2D eigenvalue weighted by Crippen LogP contribution is -2.09. The summed E-state index contributed by atoms with van der Waals surface area (Å²) in [6, 6.07) is 3.46. The summed E-state index contributed by atoms with van der Waals surface area (Å²) in [6.07, 6.45) is -4.30. The Hall–Kier alpha value is -1.52. The first-order valence-electron chi connectivity index (χ1n) is 3.83. The fraction of sp³-hybridized carbons (Fsp3) is 0.222. The minimum atomic E-state index is -4.50. The van der Waals surface area contributed by atoms with E-state index in [1.54, 1.807) is 0 Å². The summed E-state index contributed by atoms with van der Waals surface area (Å²) in [5.41, 5.74) is -0.946. The average Bonchev–Trinajstić information content (AvgIpc) is 2.15. The molecule has 0 radical (unpaired) electrons. The van der Waals surface area contributed by atoms with E-state index in [0.717, 1.165) is 12.1 Å². The highest BCUT2D eigenvalue weighted by molar-refractivity contribution is 5.79. The molecule has 0 aliphatic heterocycles. The van der Waals surface area contributed by atoms with E-state index in [9.17, 15) is 18.0 Å². The second-order valence-electron chi connectivity index (χ2n) is 2.67. The van der Waals surface area contributed by atoms with Crippen molar-refractivity contribution < 1.29 is 18.0 Å². The topological polar surface area (TPSA) is 29.1 Å². The van der Waals surface area contributed by atoms with Crippen molar-refractivity contribution in [3.8, 4) is 0 Å². The van der Waals surface area contributed by atoms with E-state index in [1.165, 1.54) is 13.1 Å². The van der Waals surface area contributed by atoms with Crippen molar-refractivity contribution in [1.82, 2.24) is 0 Å². The molecule has 0 atom stereocenters. The molecule has 0 aliphatic rings. The molecular formula is C9H8F3NO. The first-order valence-corrected chi connectivity index (χ1v) is 3.83. The zero-order valence-corrected chi connectivity index (χ0v) is 7.35. The summed E-state index contributed by atoms with van der Waals surface area (Å²) in [5.74, 6) is 0. The molecule has 0 spiro atoms. The van der Waals surface area contributed by atoms with Gasteiger partial charge in [-0.1, -0.05) is 0 Å². The first-order chi connectivity index (χ1) is 6.49. The smallest absolute Gasteiger partial charge is 0.388 e. The molecule has 0 saturated carbocycles. The molecule has 0 unspecified atom stereocenters. The number of hydrogen-bond donors (Lipinski definition) is 1. The largest absolute Gasteiger partial charge is 0.417 e. The van der Waals surface area contributed by atoms with Gasteiger partial charge in [-0.05, 0) is 18.2 Å². The monoisotopic (exact) mass is 203 g/mol. The summed E-state index contributed by atoms with van der Waals surface area (Å²) in [5, 5.41) is 2.57. The molecule has 5 heteroatoms. The molecule has 0 heterocycles. The molecule has 0 saturated heterocycles. The van der Waals surface area contributed by atoms with Gasteiger partial charge in [0.15, 0.2) is 6.29 Å². The number of aldehydes is 1. The number of hydrogen-bond acceptors (Lipinski definition) is 2. The molecule has 1 aromatic carbocycles. The van der Waals surface area contributed by atoms with Crippen molar-refractivity contribution in [2.24, 2.45) is 0 Å². The van der Waals surface area contributed by atoms with E-state index in [2.05, 4.69) is 5.32 Å². The summed E-state index contributed by atoms with van der Waals surface area (Å²) in [7, 11) is 1.51. The lowest BCUT2D eigenvalue weighted by Gasteiger charge is -2.10. The SMILES string of the molecule is CNc1ccc(C=O)c(C(F)(F)F)c1.